The van der Waals surface area contributed by atoms with Crippen LogP contribution in [0.1, 0.15) is 43.0 Å². The Morgan fingerprint density at radius 2 is 1.85 bits per heavy atom. The lowest BCUT2D eigenvalue weighted by Gasteiger charge is -2.17. The molecular weight excluding hydrogens is 248 g/mol. The Hall–Kier alpha value is -1.51. The smallest absolute Gasteiger partial charge is 0.253 e. The van der Waals surface area contributed by atoms with Crippen molar-refractivity contribution in [3.63, 3.8) is 0 Å². The van der Waals surface area contributed by atoms with Crippen LogP contribution in [0, 0.1) is 11.8 Å². The third-order valence-electron chi connectivity index (χ3n) is 4.72. The summed E-state index contributed by atoms with van der Waals surface area (Å²) in [5.74, 6) is 1.75. The average molecular weight is 272 g/mol. The second-order valence-electron chi connectivity index (χ2n) is 6.17. The minimum Gasteiger partial charge on any atom is -0.385 e. The number of nitrogens with one attached hydrogen (secondary N) is 1. The highest BCUT2D eigenvalue weighted by Gasteiger charge is 2.38. The van der Waals surface area contributed by atoms with Crippen LogP contribution < -0.4 is 5.32 Å². The number of nitrogens with zero attached hydrogens (tertiary/aromatic N) is 1. The summed E-state index contributed by atoms with van der Waals surface area (Å²) in [6.45, 7) is 5.07. The quantitative estimate of drug-likeness (QED) is 0.911. The summed E-state index contributed by atoms with van der Waals surface area (Å²) in [6.07, 6.45) is 5.09. The Balaban J connectivity index is 1.62. The van der Waals surface area contributed by atoms with Crippen LogP contribution in [-0.4, -0.2) is 30.4 Å². The molecule has 0 spiro atoms. The molecule has 1 N–H and O–H groups in total. The van der Waals surface area contributed by atoms with E-state index in [1.807, 2.05) is 24.3 Å². The summed E-state index contributed by atoms with van der Waals surface area (Å²) < 4.78 is 0. The molecule has 1 amide bonds. The minimum absolute atomic E-state index is 0.210. The molecule has 1 aromatic carbocycles. The Kier molecular flexibility index (Phi) is 3.95. The van der Waals surface area contributed by atoms with Gasteiger partial charge in [-0.3, -0.25) is 4.79 Å². The Morgan fingerprint density at radius 3 is 2.45 bits per heavy atom. The maximum Gasteiger partial charge on any atom is 0.253 e. The van der Waals surface area contributed by atoms with Gasteiger partial charge in [0.1, 0.15) is 0 Å². The van der Waals surface area contributed by atoms with E-state index in [4.69, 9.17) is 0 Å². The maximum absolute atomic E-state index is 12.5. The molecule has 1 aliphatic carbocycles. The van der Waals surface area contributed by atoms with Gasteiger partial charge in [0.15, 0.2) is 0 Å². The lowest BCUT2D eigenvalue weighted by atomic mass is 10.0. The van der Waals surface area contributed by atoms with Gasteiger partial charge < -0.3 is 10.2 Å². The third kappa shape index (κ3) is 2.67. The molecule has 3 heteroatoms. The van der Waals surface area contributed by atoms with E-state index in [9.17, 15) is 4.79 Å². The van der Waals surface area contributed by atoms with Crippen molar-refractivity contribution in [3.8, 4) is 0 Å². The molecule has 2 fully saturated rings. The summed E-state index contributed by atoms with van der Waals surface area (Å²) in [6, 6.07) is 7.93. The van der Waals surface area contributed by atoms with Crippen molar-refractivity contribution in [1.82, 2.24) is 4.90 Å². The third-order valence-corrected chi connectivity index (χ3v) is 4.72. The Bertz CT molecular complexity index is 456. The van der Waals surface area contributed by atoms with Gasteiger partial charge in [-0.15, -0.1) is 0 Å². The molecule has 1 saturated carbocycles. The van der Waals surface area contributed by atoms with E-state index in [1.165, 1.54) is 19.3 Å². The number of hydrogen-bond donors (Lipinski definition) is 1. The van der Waals surface area contributed by atoms with Crippen molar-refractivity contribution in [1.29, 1.82) is 0 Å². The van der Waals surface area contributed by atoms with Crippen molar-refractivity contribution in [3.05, 3.63) is 29.8 Å². The Labute approximate surface area is 121 Å². The van der Waals surface area contributed by atoms with E-state index in [-0.39, 0.29) is 5.91 Å². The van der Waals surface area contributed by atoms with E-state index < -0.39 is 0 Å². The van der Waals surface area contributed by atoms with Gasteiger partial charge >= 0.3 is 0 Å². The minimum atomic E-state index is 0.210. The van der Waals surface area contributed by atoms with Crippen LogP contribution in [0.15, 0.2) is 24.3 Å². The van der Waals surface area contributed by atoms with E-state index >= 15 is 0 Å². The van der Waals surface area contributed by atoms with Crippen LogP contribution in [0.5, 0.6) is 0 Å². The van der Waals surface area contributed by atoms with Gasteiger partial charge in [0.2, 0.25) is 0 Å². The first-order valence-electron chi connectivity index (χ1n) is 7.91. The van der Waals surface area contributed by atoms with Gasteiger partial charge in [0.05, 0.1) is 0 Å². The van der Waals surface area contributed by atoms with Crippen molar-refractivity contribution in [2.24, 2.45) is 11.8 Å². The number of carbonyl (C=O) groups is 1. The number of fused-ring (bicyclic) bond motifs is 1. The van der Waals surface area contributed by atoms with Crippen LogP contribution in [-0.2, 0) is 0 Å². The van der Waals surface area contributed by atoms with Crippen molar-refractivity contribution < 1.29 is 4.79 Å². The molecule has 1 saturated heterocycles. The number of anilines is 1. The predicted molar refractivity (Wildman–Crippen MR) is 82.0 cm³/mol. The molecular formula is C17H24N2O. The van der Waals surface area contributed by atoms with Crippen molar-refractivity contribution >= 4 is 11.6 Å². The lowest BCUT2D eigenvalue weighted by Crippen LogP contribution is -2.29. The fourth-order valence-electron chi connectivity index (χ4n) is 3.58. The molecule has 20 heavy (non-hydrogen) atoms. The number of amides is 1. The summed E-state index contributed by atoms with van der Waals surface area (Å²) in [5.41, 5.74) is 1.92. The van der Waals surface area contributed by atoms with E-state index in [1.54, 1.807) is 0 Å². The van der Waals surface area contributed by atoms with E-state index in [2.05, 4.69) is 17.1 Å². The zero-order valence-corrected chi connectivity index (χ0v) is 12.3. The normalized spacial score (nSPS) is 24.8. The first-order valence-corrected chi connectivity index (χ1v) is 7.91. The fourth-order valence-corrected chi connectivity index (χ4v) is 3.58. The zero-order valence-electron chi connectivity index (χ0n) is 12.3. The highest BCUT2D eigenvalue weighted by Crippen LogP contribution is 2.38. The fraction of sp³-hybridized carbons (Fsp3) is 0.588. The molecule has 0 radical (unpaired) electrons. The average Bonchev–Trinajstić information content (AvgIpc) is 3.06. The molecule has 3 rings (SSSR count). The van der Waals surface area contributed by atoms with Gasteiger partial charge in [-0.25, -0.2) is 0 Å². The van der Waals surface area contributed by atoms with Gasteiger partial charge in [0.25, 0.3) is 5.91 Å². The summed E-state index contributed by atoms with van der Waals surface area (Å²) in [4.78, 5) is 14.6. The molecule has 1 aromatic rings. The Morgan fingerprint density at radius 1 is 1.20 bits per heavy atom. The zero-order chi connectivity index (χ0) is 13.9. The topological polar surface area (TPSA) is 32.3 Å². The highest BCUT2D eigenvalue weighted by molar-refractivity contribution is 5.94. The van der Waals surface area contributed by atoms with Crippen LogP contribution >= 0.6 is 0 Å². The number of carbonyl (C=O) groups excluding carboxylic acids is 1. The van der Waals surface area contributed by atoms with Gasteiger partial charge in [-0.05, 0) is 55.4 Å². The van der Waals surface area contributed by atoms with Crippen LogP contribution in [0.4, 0.5) is 5.69 Å². The maximum atomic E-state index is 12.5. The SMILES string of the molecule is CCCNc1ccc(C(=O)N2CC3CCCC3C2)cc1. The number of benzene rings is 1. The van der Waals surface area contributed by atoms with Crippen molar-refractivity contribution in [2.75, 3.05) is 25.0 Å². The van der Waals surface area contributed by atoms with Gasteiger partial charge in [-0.1, -0.05) is 13.3 Å². The second-order valence-corrected chi connectivity index (χ2v) is 6.17. The summed E-state index contributed by atoms with van der Waals surface area (Å²) in [7, 11) is 0. The molecule has 2 aliphatic rings. The first kappa shape index (κ1) is 13.5. The number of rotatable bonds is 4. The number of likely N-dealkylation sites (tertiary alicyclic amines) is 1. The van der Waals surface area contributed by atoms with Crippen LogP contribution in [0.2, 0.25) is 0 Å². The largest absolute Gasteiger partial charge is 0.385 e. The lowest BCUT2D eigenvalue weighted by molar-refractivity contribution is 0.0780. The molecule has 0 bridgehead atoms. The van der Waals surface area contributed by atoms with Crippen LogP contribution in [0.3, 0.4) is 0 Å². The number of hydrogen-bond acceptors (Lipinski definition) is 2. The summed E-state index contributed by atoms with van der Waals surface area (Å²) >= 11 is 0. The highest BCUT2D eigenvalue weighted by atomic mass is 16.2. The molecule has 3 nitrogen and oxygen atoms in total. The van der Waals surface area contributed by atoms with Gasteiger partial charge in [0, 0.05) is 30.9 Å². The van der Waals surface area contributed by atoms with E-state index in [0.717, 1.165) is 49.1 Å². The van der Waals surface area contributed by atoms with Crippen molar-refractivity contribution in [2.45, 2.75) is 32.6 Å². The first-order chi connectivity index (χ1) is 9.78. The molecule has 2 unspecified atom stereocenters. The molecule has 0 aromatic heterocycles. The molecule has 1 heterocycles. The molecule has 1 aliphatic heterocycles. The second kappa shape index (κ2) is 5.86. The molecule has 2 atom stereocenters. The van der Waals surface area contributed by atoms with E-state index in [0.29, 0.717) is 0 Å². The molecule has 108 valence electrons. The van der Waals surface area contributed by atoms with Crippen LogP contribution in [0.25, 0.3) is 0 Å². The van der Waals surface area contributed by atoms with Gasteiger partial charge in [-0.2, -0.15) is 0 Å². The standard InChI is InChI=1S/C17H24N2O/c1-2-10-18-16-8-6-13(7-9-16)17(20)19-11-14-4-3-5-15(14)12-19/h6-9,14-15,18H,2-5,10-12H2,1H3. The summed E-state index contributed by atoms with van der Waals surface area (Å²) in [5, 5.41) is 3.34. The predicted octanol–water partition coefficient (Wildman–Crippen LogP) is 3.38. The monoisotopic (exact) mass is 272 g/mol.